The molecule has 2 aliphatic rings. The second-order valence-corrected chi connectivity index (χ2v) is 20.6. The molecule has 0 unspecified atom stereocenters. The number of hydrogen-bond donors (Lipinski definition) is 0. The number of ether oxygens (including phenoxy) is 4. The summed E-state index contributed by atoms with van der Waals surface area (Å²) in [6.45, 7) is -1.33. The Hall–Kier alpha value is -9.64. The van der Waals surface area contributed by atoms with Gasteiger partial charge < -0.3 is 18.9 Å². The SMILES string of the molecule is O=C(OCc1ccccc1)C1(C(=O)OCc2ccccc2)C(N=c2c(=O)c3ccccc3c2=O)=Cc2sc3c4c(sc3c21)C=C(N=c1c(=O)c2ccccc2c1=O)C4(C(=O)OCc1ccccc1)C(=O)OCc1ccccc1. The molecule has 2 aromatic heterocycles. The second kappa shape index (κ2) is 19.8. The smallest absolute Gasteiger partial charge is 0.334 e. The molecule has 10 aromatic rings. The molecule has 0 spiro atoms. The minimum absolute atomic E-state index is 0.0187. The molecule has 0 saturated carbocycles. The van der Waals surface area contributed by atoms with E-state index in [-0.39, 0.29) is 89.6 Å². The Kier molecular flexibility index (Phi) is 12.5. The predicted octanol–water partition coefficient (Wildman–Crippen LogP) is 7.82. The summed E-state index contributed by atoms with van der Waals surface area (Å²) in [4.78, 5) is 128. The van der Waals surface area contributed by atoms with Gasteiger partial charge in [0.25, 0.3) is 0 Å². The molecular weight excluding hydrogens is 1030 g/mol. The van der Waals surface area contributed by atoms with Gasteiger partial charge in [-0.25, -0.2) is 9.98 Å². The average molecular weight is 1070 g/mol. The number of rotatable bonds is 14. The van der Waals surface area contributed by atoms with Crippen molar-refractivity contribution in [2.24, 2.45) is 9.98 Å². The molecule has 2 aliphatic carbocycles. The van der Waals surface area contributed by atoms with E-state index < -0.39 is 67.1 Å². The highest BCUT2D eigenvalue weighted by molar-refractivity contribution is 7.29. The highest BCUT2D eigenvalue weighted by Crippen LogP contribution is 2.59. The quantitative estimate of drug-likeness (QED) is 0.0582. The number of fused-ring (bicyclic) bond motifs is 7. The lowest BCUT2D eigenvalue weighted by Crippen LogP contribution is -2.47. The molecule has 0 radical (unpaired) electrons. The van der Waals surface area contributed by atoms with Crippen LogP contribution in [-0.4, -0.2) is 23.9 Å². The zero-order chi connectivity index (χ0) is 53.7. The Labute approximate surface area is 448 Å². The summed E-state index contributed by atoms with van der Waals surface area (Å²) >= 11 is 1.93. The molecule has 78 heavy (non-hydrogen) atoms. The van der Waals surface area contributed by atoms with E-state index in [1.165, 1.54) is 36.4 Å². The summed E-state index contributed by atoms with van der Waals surface area (Å²) in [5, 5.41) is -0.764. The summed E-state index contributed by atoms with van der Waals surface area (Å²) in [6.07, 6.45) is 2.78. The van der Waals surface area contributed by atoms with Crippen LogP contribution in [0.2, 0.25) is 0 Å². The number of hydrogen-bond acceptors (Lipinski definition) is 16. The zero-order valence-electron chi connectivity index (χ0n) is 40.8. The Balaban J connectivity index is 1.13. The van der Waals surface area contributed by atoms with Gasteiger partial charge >= 0.3 is 23.9 Å². The molecule has 12 rings (SSSR count). The number of thiophene rings is 2. The first-order chi connectivity index (χ1) is 38.0. The minimum Gasteiger partial charge on any atom is -0.459 e. The normalized spacial score (nSPS) is 13.8. The van der Waals surface area contributed by atoms with Gasteiger partial charge in [0.15, 0.2) is 10.7 Å². The monoisotopic (exact) mass is 1070 g/mol. The van der Waals surface area contributed by atoms with Gasteiger partial charge in [-0.2, -0.15) is 0 Å². The highest BCUT2D eigenvalue weighted by Gasteiger charge is 2.64. The van der Waals surface area contributed by atoms with Crippen molar-refractivity contribution in [3.8, 4) is 0 Å². The fourth-order valence-electron chi connectivity index (χ4n) is 10.1. The first-order valence-corrected chi connectivity index (χ1v) is 26.1. The van der Waals surface area contributed by atoms with Crippen LogP contribution in [0, 0.1) is 0 Å². The summed E-state index contributed by atoms with van der Waals surface area (Å²) < 4.78 is 24.8. The van der Waals surface area contributed by atoms with Crippen molar-refractivity contribution in [2.75, 3.05) is 0 Å². The zero-order valence-corrected chi connectivity index (χ0v) is 42.4. The molecule has 0 atom stereocenters. The molecule has 380 valence electrons. The van der Waals surface area contributed by atoms with E-state index in [4.69, 9.17) is 18.9 Å². The lowest BCUT2D eigenvalue weighted by atomic mass is 9.79. The molecule has 8 aromatic carbocycles. The van der Waals surface area contributed by atoms with Crippen LogP contribution >= 0.6 is 22.7 Å². The van der Waals surface area contributed by atoms with Crippen molar-refractivity contribution in [3.05, 3.63) is 276 Å². The van der Waals surface area contributed by atoms with E-state index >= 15 is 19.2 Å². The fraction of sp³-hybridized carbons (Fsp3) is 0.0968. The summed E-state index contributed by atoms with van der Waals surface area (Å²) in [6, 6.07) is 47.2. The van der Waals surface area contributed by atoms with E-state index in [0.717, 1.165) is 22.7 Å². The molecule has 0 amide bonds. The van der Waals surface area contributed by atoms with Crippen LogP contribution in [0.3, 0.4) is 0 Å². The van der Waals surface area contributed by atoms with E-state index in [2.05, 4.69) is 9.98 Å². The van der Waals surface area contributed by atoms with Crippen LogP contribution in [0.4, 0.5) is 0 Å². The number of carbonyl (C=O) groups is 4. The first-order valence-electron chi connectivity index (χ1n) is 24.4. The lowest BCUT2D eigenvalue weighted by molar-refractivity contribution is -0.166. The maximum Gasteiger partial charge on any atom is 0.334 e. The fourth-order valence-corrected chi connectivity index (χ4v) is 13.1. The van der Waals surface area contributed by atoms with Crippen molar-refractivity contribution >= 4 is 89.6 Å². The van der Waals surface area contributed by atoms with Gasteiger partial charge in [0.05, 0.1) is 20.8 Å². The molecule has 0 N–H and O–H groups in total. The number of benzene rings is 6. The van der Waals surface area contributed by atoms with Crippen molar-refractivity contribution in [1.82, 2.24) is 0 Å². The van der Waals surface area contributed by atoms with Gasteiger partial charge in [-0.05, 0) is 34.4 Å². The number of nitrogens with zero attached hydrogens (tertiary/aromatic N) is 2. The molecule has 0 saturated heterocycles. The number of carbonyl (C=O) groups excluding carboxylic acids is 4. The van der Waals surface area contributed by atoms with E-state index in [1.54, 1.807) is 146 Å². The molecule has 0 fully saturated rings. The summed E-state index contributed by atoms with van der Waals surface area (Å²) in [5.74, 6) is -4.67. The van der Waals surface area contributed by atoms with Gasteiger partial charge in [-0.3, -0.25) is 38.4 Å². The largest absolute Gasteiger partial charge is 0.459 e. The lowest BCUT2D eigenvalue weighted by Gasteiger charge is -2.28. The van der Waals surface area contributed by atoms with Crippen LogP contribution in [-0.2, 0) is 75.4 Å². The van der Waals surface area contributed by atoms with E-state index in [9.17, 15) is 19.2 Å². The minimum atomic E-state index is -2.66. The maximum atomic E-state index is 15.6. The van der Waals surface area contributed by atoms with Crippen LogP contribution in [0.1, 0.15) is 43.1 Å². The number of esters is 4. The van der Waals surface area contributed by atoms with Crippen LogP contribution in [0.25, 0.3) is 43.1 Å². The molecular formula is C62H38N2O12S2. The predicted molar refractivity (Wildman–Crippen MR) is 293 cm³/mol. The topological polar surface area (TPSA) is 198 Å². The van der Waals surface area contributed by atoms with Crippen LogP contribution < -0.4 is 32.4 Å². The Bertz CT molecular complexity index is 4010. The van der Waals surface area contributed by atoms with Gasteiger partial charge in [-0.1, -0.05) is 170 Å². The third-order valence-electron chi connectivity index (χ3n) is 13.9. The van der Waals surface area contributed by atoms with E-state index in [1.807, 2.05) is 0 Å². The Morgan fingerprint density at radius 1 is 0.359 bits per heavy atom. The van der Waals surface area contributed by atoms with Crippen molar-refractivity contribution in [3.63, 3.8) is 0 Å². The first kappa shape index (κ1) is 49.2. The van der Waals surface area contributed by atoms with Crippen molar-refractivity contribution in [2.45, 2.75) is 37.3 Å². The molecule has 0 aliphatic heterocycles. The average Bonchev–Trinajstić information content (AvgIpc) is 3.80. The maximum absolute atomic E-state index is 15.6. The Morgan fingerprint density at radius 2 is 0.603 bits per heavy atom. The second-order valence-electron chi connectivity index (χ2n) is 18.5. The van der Waals surface area contributed by atoms with Gasteiger partial charge in [-0.15, -0.1) is 22.7 Å². The highest BCUT2D eigenvalue weighted by atomic mass is 32.1. The third kappa shape index (κ3) is 7.99. The molecule has 16 heteroatoms. The molecule has 14 nitrogen and oxygen atoms in total. The van der Waals surface area contributed by atoms with Crippen LogP contribution in [0.15, 0.2) is 210 Å². The van der Waals surface area contributed by atoms with Gasteiger partial charge in [0.2, 0.25) is 32.5 Å². The third-order valence-corrected chi connectivity index (χ3v) is 16.3. The summed E-state index contributed by atoms with van der Waals surface area (Å²) in [5.41, 5.74) is -6.75. The van der Waals surface area contributed by atoms with Crippen molar-refractivity contribution < 1.29 is 38.1 Å². The van der Waals surface area contributed by atoms with Gasteiger partial charge in [0.1, 0.15) is 26.4 Å². The van der Waals surface area contributed by atoms with E-state index in [0.29, 0.717) is 22.3 Å². The standard InChI is InChI=1S/C62H38N2O12S2/c65-51-39-25-13-14-26-40(39)52(66)49(51)63-45-29-43-47(61(45,57(69)73-31-35-17-5-1-6-18-35)58(70)74-32-36-19-7-2-8-20-36)55-56(77-43)48-44(78-55)30-46(64-50-53(67)41-27-15-16-28-42(41)54(50)68)62(48,59(71)75-33-37-21-9-3-10-22-37)60(72)76-34-38-23-11-4-12-24-38/h1-30H,31-34H2. The summed E-state index contributed by atoms with van der Waals surface area (Å²) in [7, 11) is 0. The van der Waals surface area contributed by atoms with Gasteiger partial charge in [0, 0.05) is 42.4 Å². The van der Waals surface area contributed by atoms with Crippen molar-refractivity contribution in [1.29, 1.82) is 0 Å². The Morgan fingerprint density at radius 3 is 0.859 bits per heavy atom. The molecule has 2 heterocycles. The van der Waals surface area contributed by atoms with Crippen LogP contribution in [0.5, 0.6) is 0 Å². The molecule has 0 bridgehead atoms.